The molecule has 1 N–H and O–H groups in total. The van der Waals surface area contributed by atoms with Gasteiger partial charge in [-0.05, 0) is 107 Å². The van der Waals surface area contributed by atoms with E-state index in [2.05, 4.69) is 109 Å². The second-order valence-electron chi connectivity index (χ2n) is 10.7. The van der Waals surface area contributed by atoms with E-state index in [4.69, 9.17) is 4.74 Å². The van der Waals surface area contributed by atoms with Crippen molar-refractivity contribution in [2.75, 3.05) is 10.2 Å². The molecule has 4 aromatic carbocycles. The van der Waals surface area contributed by atoms with Gasteiger partial charge in [0.15, 0.2) is 0 Å². The molecule has 218 valence electrons. The molecule has 0 spiro atoms. The molecule has 6 rings (SSSR count). The predicted molar refractivity (Wildman–Crippen MR) is 192 cm³/mol. The first-order chi connectivity index (χ1) is 22.0. The van der Waals surface area contributed by atoms with Gasteiger partial charge in [0, 0.05) is 34.4 Å². The van der Waals surface area contributed by atoms with Gasteiger partial charge in [0.1, 0.15) is 5.76 Å². The van der Waals surface area contributed by atoms with Crippen LogP contribution in [0.5, 0.6) is 0 Å². The van der Waals surface area contributed by atoms with Crippen LogP contribution in [0, 0.1) is 0 Å². The van der Waals surface area contributed by atoms with Gasteiger partial charge >= 0.3 is 0 Å². The van der Waals surface area contributed by atoms with Crippen LogP contribution in [-0.2, 0) is 4.74 Å². The minimum absolute atomic E-state index is 0.740. The summed E-state index contributed by atoms with van der Waals surface area (Å²) in [4.78, 5) is 2.20. The fourth-order valence-corrected chi connectivity index (χ4v) is 5.10. The van der Waals surface area contributed by atoms with E-state index < -0.39 is 0 Å². The normalized spacial score (nSPS) is 19.3. The van der Waals surface area contributed by atoms with Crippen molar-refractivity contribution < 1.29 is 4.74 Å². The molecule has 3 heteroatoms. The fourth-order valence-electron chi connectivity index (χ4n) is 5.10. The maximum atomic E-state index is 5.91. The Labute approximate surface area is 265 Å². The number of ether oxygens (including phenoxy) is 1. The molecular formula is C42H34N2O. The summed E-state index contributed by atoms with van der Waals surface area (Å²) in [5, 5.41) is 3.51. The van der Waals surface area contributed by atoms with E-state index >= 15 is 0 Å². The van der Waals surface area contributed by atoms with Gasteiger partial charge in [-0.2, -0.15) is 0 Å². The largest absolute Gasteiger partial charge is 0.464 e. The molecule has 0 fully saturated rings. The van der Waals surface area contributed by atoms with Crippen LogP contribution in [0.1, 0.15) is 11.1 Å². The van der Waals surface area contributed by atoms with Gasteiger partial charge < -0.3 is 15.0 Å². The molecule has 0 aromatic heterocycles. The smallest absolute Gasteiger partial charge is 0.133 e. The second-order valence-corrected chi connectivity index (χ2v) is 10.7. The highest BCUT2D eigenvalue weighted by Crippen LogP contribution is 2.37. The summed E-state index contributed by atoms with van der Waals surface area (Å²) in [7, 11) is 0. The quantitative estimate of drug-likeness (QED) is 0.253. The third-order valence-corrected chi connectivity index (χ3v) is 7.60. The molecule has 2 aliphatic rings. The van der Waals surface area contributed by atoms with Crippen molar-refractivity contribution in [3.8, 4) is 11.1 Å². The van der Waals surface area contributed by atoms with Gasteiger partial charge in [-0.15, -0.1) is 0 Å². The molecule has 0 amide bonds. The van der Waals surface area contributed by atoms with Crippen LogP contribution < -0.4 is 10.2 Å². The Hall–Kier alpha value is -6.06. The summed E-state index contributed by atoms with van der Waals surface area (Å²) in [5.41, 5.74) is 11.2. The van der Waals surface area contributed by atoms with Gasteiger partial charge in [-0.1, -0.05) is 92.6 Å². The number of nitrogens with zero attached hydrogens (tertiary/aromatic N) is 1. The van der Waals surface area contributed by atoms with Gasteiger partial charge in [-0.3, -0.25) is 0 Å². The molecule has 2 aliphatic heterocycles. The third-order valence-electron chi connectivity index (χ3n) is 7.60. The highest BCUT2D eigenvalue weighted by atomic mass is 16.5. The van der Waals surface area contributed by atoms with Crippen molar-refractivity contribution in [3.63, 3.8) is 0 Å². The summed E-state index contributed by atoms with van der Waals surface area (Å²) in [6.45, 7) is 12.4. The van der Waals surface area contributed by atoms with Crippen molar-refractivity contribution in [2.45, 2.75) is 0 Å². The van der Waals surface area contributed by atoms with Crippen molar-refractivity contribution in [1.82, 2.24) is 0 Å². The molecular weight excluding hydrogens is 548 g/mol. The highest BCUT2D eigenvalue weighted by molar-refractivity contribution is 5.88. The SMILES string of the molecule is C=C1/C=C\C=C/O/C(c2ccc(Nc3ccc(-c4ccc5c(c4)C(=C)/C=C\C=C/N5c4ccccc4)cc3)cc2)=C\C=C/C1=C. The number of allylic oxidation sites excluding steroid dienone is 12. The molecule has 0 unspecified atom stereocenters. The van der Waals surface area contributed by atoms with Gasteiger partial charge in [-0.25, -0.2) is 0 Å². The van der Waals surface area contributed by atoms with Crippen LogP contribution in [-0.4, -0.2) is 0 Å². The van der Waals surface area contributed by atoms with Crippen LogP contribution in [0.3, 0.4) is 0 Å². The van der Waals surface area contributed by atoms with E-state index in [0.29, 0.717) is 0 Å². The van der Waals surface area contributed by atoms with Crippen molar-refractivity contribution in [2.24, 2.45) is 0 Å². The van der Waals surface area contributed by atoms with E-state index in [1.54, 1.807) is 6.26 Å². The Morgan fingerprint density at radius 1 is 0.556 bits per heavy atom. The first-order valence-electron chi connectivity index (χ1n) is 14.8. The Balaban J connectivity index is 1.19. The van der Waals surface area contributed by atoms with E-state index in [-0.39, 0.29) is 0 Å². The van der Waals surface area contributed by atoms with Crippen molar-refractivity contribution in [3.05, 3.63) is 206 Å². The summed E-state index contributed by atoms with van der Waals surface area (Å²) in [6.07, 6.45) is 21.3. The van der Waals surface area contributed by atoms with Gasteiger partial charge in [0.25, 0.3) is 0 Å². The fraction of sp³-hybridized carbons (Fsp3) is 0. The highest BCUT2D eigenvalue weighted by Gasteiger charge is 2.15. The number of fused-ring (bicyclic) bond motifs is 1. The number of benzene rings is 4. The Morgan fingerprint density at radius 3 is 1.91 bits per heavy atom. The molecule has 0 atom stereocenters. The summed E-state index contributed by atoms with van der Waals surface area (Å²) in [6, 6.07) is 33.6. The maximum Gasteiger partial charge on any atom is 0.133 e. The first kappa shape index (κ1) is 29.0. The third kappa shape index (κ3) is 6.96. The predicted octanol–water partition coefficient (Wildman–Crippen LogP) is 11.4. The topological polar surface area (TPSA) is 24.5 Å². The molecule has 45 heavy (non-hydrogen) atoms. The maximum absolute atomic E-state index is 5.91. The van der Waals surface area contributed by atoms with Crippen LogP contribution in [0.15, 0.2) is 195 Å². The number of rotatable bonds is 5. The number of para-hydroxylation sites is 1. The minimum Gasteiger partial charge on any atom is -0.464 e. The average Bonchev–Trinajstić information content (AvgIpc) is 3.10. The van der Waals surface area contributed by atoms with Crippen LogP contribution >= 0.6 is 0 Å². The lowest BCUT2D eigenvalue weighted by Crippen LogP contribution is -2.11. The van der Waals surface area contributed by atoms with E-state index in [0.717, 1.165) is 67.5 Å². The lowest BCUT2D eigenvalue weighted by atomic mass is 9.96. The molecule has 0 bridgehead atoms. The lowest BCUT2D eigenvalue weighted by Gasteiger charge is -2.25. The van der Waals surface area contributed by atoms with Gasteiger partial charge in [0.2, 0.25) is 0 Å². The first-order valence-corrected chi connectivity index (χ1v) is 14.8. The van der Waals surface area contributed by atoms with Crippen LogP contribution in [0.25, 0.3) is 22.5 Å². The second kappa shape index (κ2) is 13.5. The van der Waals surface area contributed by atoms with E-state index in [9.17, 15) is 0 Å². The zero-order valence-electron chi connectivity index (χ0n) is 25.1. The molecule has 0 aliphatic carbocycles. The molecule has 0 saturated heterocycles. The Bertz CT molecular complexity index is 1920. The number of hydrogen-bond acceptors (Lipinski definition) is 3. The van der Waals surface area contributed by atoms with Gasteiger partial charge in [0.05, 0.1) is 11.9 Å². The summed E-state index contributed by atoms with van der Waals surface area (Å²) < 4.78 is 5.91. The van der Waals surface area contributed by atoms with E-state index in [1.165, 1.54) is 0 Å². The van der Waals surface area contributed by atoms with Crippen molar-refractivity contribution in [1.29, 1.82) is 0 Å². The molecule has 0 saturated carbocycles. The Morgan fingerprint density at radius 2 is 1.18 bits per heavy atom. The standard InChI is InChI=1S/C42H34N2O/c1-31-12-8-10-29-45-42(17-11-14-32(31)2)35-20-25-38(26-21-35)43-37-23-18-34(19-24-37)36-22-27-41-40(30-36)33(3)13-7-9-28-44(41)39-15-5-4-6-16-39/h4-30,43H,1-3H2/b12-8-,13-7-,14-11-,28-9-,29-10-,42-17-. The summed E-state index contributed by atoms with van der Waals surface area (Å²) in [5.74, 6) is 0.740. The molecule has 3 nitrogen and oxygen atoms in total. The lowest BCUT2D eigenvalue weighted by molar-refractivity contribution is 0.437. The molecule has 4 aromatic rings. The minimum atomic E-state index is 0.740. The summed E-state index contributed by atoms with van der Waals surface area (Å²) >= 11 is 0. The monoisotopic (exact) mass is 582 g/mol. The van der Waals surface area contributed by atoms with Crippen LogP contribution in [0.2, 0.25) is 0 Å². The van der Waals surface area contributed by atoms with Crippen molar-refractivity contribution >= 4 is 34.1 Å². The van der Waals surface area contributed by atoms with E-state index in [1.807, 2.05) is 78.9 Å². The Kier molecular flexibility index (Phi) is 8.71. The molecule has 0 radical (unpaired) electrons. The number of anilines is 4. The average molecular weight is 583 g/mol. The van der Waals surface area contributed by atoms with Crippen LogP contribution in [0.4, 0.5) is 22.7 Å². The zero-order valence-corrected chi connectivity index (χ0v) is 25.1. The number of hydrogen-bond donors (Lipinski definition) is 1. The zero-order chi connectivity index (χ0) is 31.0. The molecule has 2 heterocycles. The number of nitrogens with one attached hydrogen (secondary N) is 1.